The minimum Gasteiger partial charge on any atom is -0.465 e. The van der Waals surface area contributed by atoms with E-state index in [0.717, 1.165) is 51.4 Å². The zero-order valence-corrected chi connectivity index (χ0v) is 12.2. The van der Waals surface area contributed by atoms with Gasteiger partial charge in [0.05, 0.1) is 12.0 Å². The molecule has 0 saturated carbocycles. The molecule has 0 heterocycles. The number of unbranched alkanes of at least 4 members (excludes halogenated alkanes) is 1. The second-order valence-corrected chi connectivity index (χ2v) is 5.02. The van der Waals surface area contributed by atoms with Gasteiger partial charge in [0.2, 0.25) is 0 Å². The third-order valence-electron chi connectivity index (χ3n) is 3.35. The van der Waals surface area contributed by atoms with E-state index in [1.165, 1.54) is 0 Å². The van der Waals surface area contributed by atoms with E-state index in [1.807, 2.05) is 0 Å². The molecule has 0 aromatic rings. The summed E-state index contributed by atoms with van der Waals surface area (Å²) in [5.41, 5.74) is -0.202. The van der Waals surface area contributed by atoms with Crippen molar-refractivity contribution in [2.24, 2.45) is 5.41 Å². The summed E-state index contributed by atoms with van der Waals surface area (Å²) in [5, 5.41) is 0. The molecule has 0 aliphatic heterocycles. The van der Waals surface area contributed by atoms with E-state index in [0.29, 0.717) is 6.61 Å². The summed E-state index contributed by atoms with van der Waals surface area (Å²) < 4.78 is 5.47. The summed E-state index contributed by atoms with van der Waals surface area (Å²) in [4.78, 5) is 12.3. The minimum atomic E-state index is -0.202. The van der Waals surface area contributed by atoms with Crippen LogP contribution in [0.15, 0.2) is 0 Å². The van der Waals surface area contributed by atoms with Crippen molar-refractivity contribution in [1.82, 2.24) is 0 Å². The van der Waals surface area contributed by atoms with E-state index < -0.39 is 0 Å². The Morgan fingerprint density at radius 2 is 1.35 bits per heavy atom. The van der Waals surface area contributed by atoms with Gasteiger partial charge >= 0.3 is 5.97 Å². The molecule has 0 atom stereocenters. The standard InChI is InChI=1S/C15H30O2/c1-5-9-13-17-14(16)15(10-6-2,11-7-3)12-8-4/h5-13H2,1-4H3. The fourth-order valence-corrected chi connectivity index (χ4v) is 2.58. The Morgan fingerprint density at radius 1 is 0.882 bits per heavy atom. The van der Waals surface area contributed by atoms with Crippen molar-refractivity contribution < 1.29 is 9.53 Å². The number of hydrogen-bond acceptors (Lipinski definition) is 2. The lowest BCUT2D eigenvalue weighted by Gasteiger charge is -2.30. The second kappa shape index (κ2) is 9.49. The third-order valence-corrected chi connectivity index (χ3v) is 3.35. The minimum absolute atomic E-state index is 0.0523. The van der Waals surface area contributed by atoms with E-state index in [2.05, 4.69) is 27.7 Å². The molecule has 0 saturated heterocycles. The van der Waals surface area contributed by atoms with Gasteiger partial charge in [-0.25, -0.2) is 0 Å². The fourth-order valence-electron chi connectivity index (χ4n) is 2.58. The van der Waals surface area contributed by atoms with E-state index in [-0.39, 0.29) is 11.4 Å². The Labute approximate surface area is 107 Å². The highest BCUT2D eigenvalue weighted by Crippen LogP contribution is 2.36. The molecule has 2 nitrogen and oxygen atoms in total. The number of carbonyl (C=O) groups is 1. The number of rotatable bonds is 10. The van der Waals surface area contributed by atoms with Crippen molar-refractivity contribution in [1.29, 1.82) is 0 Å². The van der Waals surface area contributed by atoms with Crippen LogP contribution in [0.1, 0.15) is 79.1 Å². The van der Waals surface area contributed by atoms with Gasteiger partial charge in [0.15, 0.2) is 0 Å². The van der Waals surface area contributed by atoms with Crippen LogP contribution < -0.4 is 0 Å². The van der Waals surface area contributed by atoms with Crippen LogP contribution in [-0.2, 0) is 9.53 Å². The molecule has 0 aliphatic rings. The Hall–Kier alpha value is -0.530. The van der Waals surface area contributed by atoms with Gasteiger partial charge in [-0.3, -0.25) is 4.79 Å². The van der Waals surface area contributed by atoms with Crippen LogP contribution in [0, 0.1) is 5.41 Å². The van der Waals surface area contributed by atoms with E-state index in [1.54, 1.807) is 0 Å². The van der Waals surface area contributed by atoms with Gasteiger partial charge in [-0.1, -0.05) is 53.4 Å². The van der Waals surface area contributed by atoms with Gasteiger partial charge in [0.25, 0.3) is 0 Å². The zero-order valence-electron chi connectivity index (χ0n) is 12.2. The van der Waals surface area contributed by atoms with Crippen molar-refractivity contribution in [3.05, 3.63) is 0 Å². The summed E-state index contributed by atoms with van der Waals surface area (Å²) in [6, 6.07) is 0. The van der Waals surface area contributed by atoms with Crippen LogP contribution in [0.2, 0.25) is 0 Å². The number of hydrogen-bond donors (Lipinski definition) is 0. The van der Waals surface area contributed by atoms with Crippen molar-refractivity contribution in [3.63, 3.8) is 0 Å². The zero-order chi connectivity index (χ0) is 13.1. The summed E-state index contributed by atoms with van der Waals surface area (Å²) in [6.45, 7) is 9.16. The Bertz CT molecular complexity index is 182. The Kier molecular flexibility index (Phi) is 9.20. The lowest BCUT2D eigenvalue weighted by Crippen LogP contribution is -2.33. The van der Waals surface area contributed by atoms with Crippen LogP contribution in [0.3, 0.4) is 0 Å². The molecule has 0 fully saturated rings. The quantitative estimate of drug-likeness (QED) is 0.409. The molecule has 2 heteroatoms. The van der Waals surface area contributed by atoms with Crippen molar-refractivity contribution in [2.75, 3.05) is 6.61 Å². The molecule has 0 radical (unpaired) electrons. The molecule has 0 amide bonds. The largest absolute Gasteiger partial charge is 0.465 e. The molecule has 102 valence electrons. The summed E-state index contributed by atoms with van der Waals surface area (Å²) in [7, 11) is 0. The van der Waals surface area contributed by atoms with Crippen molar-refractivity contribution in [3.8, 4) is 0 Å². The fraction of sp³-hybridized carbons (Fsp3) is 0.933. The lowest BCUT2D eigenvalue weighted by molar-refractivity contribution is -0.158. The van der Waals surface area contributed by atoms with Gasteiger partial charge < -0.3 is 4.74 Å². The SMILES string of the molecule is CCCCOC(=O)C(CCC)(CCC)CCC. The first kappa shape index (κ1) is 16.5. The highest BCUT2D eigenvalue weighted by atomic mass is 16.5. The molecular weight excluding hydrogens is 212 g/mol. The van der Waals surface area contributed by atoms with Crippen molar-refractivity contribution in [2.45, 2.75) is 79.1 Å². The molecule has 0 rings (SSSR count). The van der Waals surface area contributed by atoms with Gasteiger partial charge in [0, 0.05) is 0 Å². The van der Waals surface area contributed by atoms with Crippen LogP contribution in [0.25, 0.3) is 0 Å². The first-order valence-electron chi connectivity index (χ1n) is 7.34. The molecule has 0 spiro atoms. The highest BCUT2D eigenvalue weighted by molar-refractivity contribution is 5.76. The first-order chi connectivity index (χ1) is 8.16. The molecule has 0 aromatic heterocycles. The Morgan fingerprint density at radius 3 is 1.71 bits per heavy atom. The Balaban J connectivity index is 4.54. The third kappa shape index (κ3) is 5.56. The van der Waals surface area contributed by atoms with Gasteiger partial charge in [-0.15, -0.1) is 0 Å². The van der Waals surface area contributed by atoms with Crippen LogP contribution in [0.4, 0.5) is 0 Å². The van der Waals surface area contributed by atoms with E-state index in [4.69, 9.17) is 4.74 Å². The molecular formula is C15H30O2. The van der Waals surface area contributed by atoms with Crippen LogP contribution >= 0.6 is 0 Å². The van der Waals surface area contributed by atoms with Crippen LogP contribution in [-0.4, -0.2) is 12.6 Å². The van der Waals surface area contributed by atoms with Crippen molar-refractivity contribution >= 4 is 5.97 Å². The van der Waals surface area contributed by atoms with Crippen LogP contribution in [0.5, 0.6) is 0 Å². The van der Waals surface area contributed by atoms with E-state index in [9.17, 15) is 4.79 Å². The van der Waals surface area contributed by atoms with Gasteiger partial charge in [0.1, 0.15) is 0 Å². The predicted molar refractivity (Wildman–Crippen MR) is 73.0 cm³/mol. The average Bonchev–Trinajstić information content (AvgIpc) is 2.30. The molecule has 17 heavy (non-hydrogen) atoms. The maximum absolute atomic E-state index is 12.3. The molecule has 0 aromatic carbocycles. The van der Waals surface area contributed by atoms with E-state index >= 15 is 0 Å². The van der Waals surface area contributed by atoms with Gasteiger partial charge in [-0.2, -0.15) is 0 Å². The molecule has 0 bridgehead atoms. The number of ether oxygens (including phenoxy) is 1. The smallest absolute Gasteiger partial charge is 0.312 e. The molecule has 0 N–H and O–H groups in total. The van der Waals surface area contributed by atoms with Gasteiger partial charge in [-0.05, 0) is 25.7 Å². The molecule has 0 unspecified atom stereocenters. The summed E-state index contributed by atoms with van der Waals surface area (Å²) in [6.07, 6.45) is 8.15. The predicted octanol–water partition coefficient (Wildman–Crippen LogP) is 4.72. The monoisotopic (exact) mass is 242 g/mol. The maximum atomic E-state index is 12.3. The number of esters is 1. The molecule has 0 aliphatic carbocycles. The average molecular weight is 242 g/mol. The topological polar surface area (TPSA) is 26.3 Å². The summed E-state index contributed by atoms with van der Waals surface area (Å²) >= 11 is 0. The first-order valence-corrected chi connectivity index (χ1v) is 7.34. The normalized spacial score (nSPS) is 11.5. The highest BCUT2D eigenvalue weighted by Gasteiger charge is 2.37. The maximum Gasteiger partial charge on any atom is 0.312 e. The lowest BCUT2D eigenvalue weighted by atomic mass is 9.75. The number of carbonyl (C=O) groups excluding carboxylic acids is 1. The second-order valence-electron chi connectivity index (χ2n) is 5.02. The summed E-state index contributed by atoms with van der Waals surface area (Å²) in [5.74, 6) is 0.0523.